The standard InChI is InChI=1S/C7H5BrClNO2/c8-5-1-4(3-10-12)7(11)6(9)2-5/h1-3,11-12H/b10-3-. The molecule has 0 saturated heterocycles. The van der Waals surface area contributed by atoms with Gasteiger partial charge in [0.05, 0.1) is 11.2 Å². The van der Waals surface area contributed by atoms with Gasteiger partial charge in [0.25, 0.3) is 0 Å². The van der Waals surface area contributed by atoms with Gasteiger partial charge in [-0.1, -0.05) is 32.7 Å². The number of aromatic hydroxyl groups is 1. The van der Waals surface area contributed by atoms with Crippen molar-refractivity contribution in [1.29, 1.82) is 0 Å². The first-order chi connectivity index (χ1) is 5.65. The molecule has 0 aromatic heterocycles. The van der Waals surface area contributed by atoms with Crippen LogP contribution < -0.4 is 0 Å². The number of phenolic OH excluding ortho intramolecular Hbond substituents is 1. The van der Waals surface area contributed by atoms with Crippen molar-refractivity contribution in [2.45, 2.75) is 0 Å². The fourth-order valence-corrected chi connectivity index (χ4v) is 1.58. The van der Waals surface area contributed by atoms with Crippen LogP contribution in [-0.4, -0.2) is 16.5 Å². The molecule has 1 aromatic rings. The molecular formula is C7H5BrClNO2. The maximum atomic E-state index is 9.30. The summed E-state index contributed by atoms with van der Waals surface area (Å²) in [5.41, 5.74) is 0.358. The number of phenols is 1. The van der Waals surface area contributed by atoms with Crippen LogP contribution in [0.2, 0.25) is 5.02 Å². The van der Waals surface area contributed by atoms with Gasteiger partial charge in [0.1, 0.15) is 5.75 Å². The van der Waals surface area contributed by atoms with Crippen molar-refractivity contribution in [2.24, 2.45) is 5.16 Å². The average molecular weight is 250 g/mol. The Morgan fingerprint density at radius 1 is 1.50 bits per heavy atom. The third-order valence-electron chi connectivity index (χ3n) is 1.25. The molecule has 0 aliphatic heterocycles. The minimum atomic E-state index is -0.0994. The minimum Gasteiger partial charge on any atom is -0.506 e. The van der Waals surface area contributed by atoms with Gasteiger partial charge in [0, 0.05) is 10.0 Å². The van der Waals surface area contributed by atoms with E-state index in [-0.39, 0.29) is 10.8 Å². The Balaban J connectivity index is 3.27. The number of hydrogen-bond donors (Lipinski definition) is 2. The highest BCUT2D eigenvalue weighted by molar-refractivity contribution is 9.10. The highest BCUT2D eigenvalue weighted by Gasteiger charge is 2.05. The molecule has 1 aromatic carbocycles. The number of hydrogen-bond acceptors (Lipinski definition) is 3. The Hall–Kier alpha value is -0.740. The fourth-order valence-electron chi connectivity index (χ4n) is 0.746. The molecule has 0 aliphatic carbocycles. The van der Waals surface area contributed by atoms with E-state index in [2.05, 4.69) is 21.1 Å². The minimum absolute atomic E-state index is 0.0994. The largest absolute Gasteiger partial charge is 0.506 e. The van der Waals surface area contributed by atoms with Crippen LogP contribution in [0.5, 0.6) is 5.75 Å². The van der Waals surface area contributed by atoms with Gasteiger partial charge in [0.2, 0.25) is 0 Å². The van der Waals surface area contributed by atoms with E-state index in [9.17, 15) is 5.11 Å². The van der Waals surface area contributed by atoms with Crippen LogP contribution in [0.1, 0.15) is 5.56 Å². The van der Waals surface area contributed by atoms with Crippen LogP contribution in [0.3, 0.4) is 0 Å². The summed E-state index contributed by atoms with van der Waals surface area (Å²) in [5, 5.41) is 20.5. The second-order valence-corrected chi connectivity index (χ2v) is 3.39. The zero-order valence-corrected chi connectivity index (χ0v) is 8.17. The monoisotopic (exact) mass is 249 g/mol. The molecule has 12 heavy (non-hydrogen) atoms. The van der Waals surface area contributed by atoms with Gasteiger partial charge in [-0.05, 0) is 12.1 Å². The number of benzene rings is 1. The second kappa shape index (κ2) is 3.78. The lowest BCUT2D eigenvalue weighted by Crippen LogP contribution is -1.83. The lowest BCUT2D eigenvalue weighted by Gasteiger charge is -2.00. The molecule has 0 radical (unpaired) electrons. The van der Waals surface area contributed by atoms with Crippen molar-refractivity contribution in [3.63, 3.8) is 0 Å². The van der Waals surface area contributed by atoms with Crippen LogP contribution in [0, 0.1) is 0 Å². The van der Waals surface area contributed by atoms with E-state index in [0.717, 1.165) is 6.21 Å². The first kappa shape index (κ1) is 9.35. The summed E-state index contributed by atoms with van der Waals surface area (Å²) in [6, 6.07) is 3.13. The van der Waals surface area contributed by atoms with Crippen LogP contribution in [-0.2, 0) is 0 Å². The Labute approximate surface area is 82.4 Å². The van der Waals surface area contributed by atoms with Crippen molar-refractivity contribution >= 4 is 33.7 Å². The quantitative estimate of drug-likeness (QED) is 0.457. The fraction of sp³-hybridized carbons (Fsp3) is 0. The van der Waals surface area contributed by atoms with Gasteiger partial charge < -0.3 is 10.3 Å². The van der Waals surface area contributed by atoms with Gasteiger partial charge in [-0.2, -0.15) is 0 Å². The van der Waals surface area contributed by atoms with Gasteiger partial charge in [-0.15, -0.1) is 0 Å². The van der Waals surface area contributed by atoms with Crippen molar-refractivity contribution in [1.82, 2.24) is 0 Å². The molecule has 0 atom stereocenters. The summed E-state index contributed by atoms with van der Waals surface area (Å²) in [6.07, 6.45) is 1.10. The third-order valence-corrected chi connectivity index (χ3v) is 2.00. The lowest BCUT2D eigenvalue weighted by atomic mass is 10.2. The van der Waals surface area contributed by atoms with E-state index in [1.165, 1.54) is 0 Å². The highest BCUT2D eigenvalue weighted by atomic mass is 79.9. The lowest BCUT2D eigenvalue weighted by molar-refractivity contribution is 0.321. The van der Waals surface area contributed by atoms with Crippen LogP contribution in [0.25, 0.3) is 0 Å². The molecule has 5 heteroatoms. The predicted octanol–water partition coefficient (Wildman–Crippen LogP) is 2.62. The molecule has 1 rings (SSSR count). The van der Waals surface area contributed by atoms with Crippen LogP contribution in [0.4, 0.5) is 0 Å². The Morgan fingerprint density at radius 3 is 2.75 bits per heavy atom. The SMILES string of the molecule is O/N=C\c1cc(Br)cc(Cl)c1O. The Bertz CT molecular complexity index is 327. The highest BCUT2D eigenvalue weighted by Crippen LogP contribution is 2.30. The van der Waals surface area contributed by atoms with Crippen molar-refractivity contribution < 1.29 is 10.3 Å². The molecule has 0 unspecified atom stereocenters. The smallest absolute Gasteiger partial charge is 0.143 e. The average Bonchev–Trinajstić information content (AvgIpc) is 2.00. The zero-order chi connectivity index (χ0) is 9.14. The molecule has 0 spiro atoms. The molecule has 0 fully saturated rings. The van der Waals surface area contributed by atoms with Crippen molar-refractivity contribution in [2.75, 3.05) is 0 Å². The normalized spacial score (nSPS) is 10.8. The molecule has 0 saturated carbocycles. The summed E-state index contributed by atoms with van der Waals surface area (Å²) in [5.74, 6) is -0.0994. The number of halogens is 2. The Morgan fingerprint density at radius 2 is 2.17 bits per heavy atom. The summed E-state index contributed by atoms with van der Waals surface area (Å²) in [4.78, 5) is 0. The summed E-state index contributed by atoms with van der Waals surface area (Å²) >= 11 is 8.81. The van der Waals surface area contributed by atoms with Crippen molar-refractivity contribution in [3.8, 4) is 5.75 Å². The maximum Gasteiger partial charge on any atom is 0.143 e. The molecule has 0 bridgehead atoms. The van der Waals surface area contributed by atoms with Crippen molar-refractivity contribution in [3.05, 3.63) is 27.2 Å². The van der Waals surface area contributed by atoms with Crippen LogP contribution >= 0.6 is 27.5 Å². The van der Waals surface area contributed by atoms with Gasteiger partial charge >= 0.3 is 0 Å². The van der Waals surface area contributed by atoms with Crippen LogP contribution in [0.15, 0.2) is 21.8 Å². The van der Waals surface area contributed by atoms with Gasteiger partial charge in [0.15, 0.2) is 0 Å². The predicted molar refractivity (Wildman–Crippen MR) is 50.2 cm³/mol. The topological polar surface area (TPSA) is 52.8 Å². The Kier molecular flexibility index (Phi) is 2.94. The molecular weight excluding hydrogens is 245 g/mol. The number of nitrogens with zero attached hydrogens (tertiary/aromatic N) is 1. The first-order valence-corrected chi connectivity index (χ1v) is 4.17. The molecule has 0 heterocycles. The molecule has 0 amide bonds. The van der Waals surface area contributed by atoms with E-state index < -0.39 is 0 Å². The summed E-state index contributed by atoms with van der Waals surface area (Å²) in [7, 11) is 0. The van der Waals surface area contributed by atoms with Gasteiger partial charge in [-0.3, -0.25) is 0 Å². The van der Waals surface area contributed by atoms with E-state index >= 15 is 0 Å². The number of oxime groups is 1. The van der Waals surface area contributed by atoms with E-state index in [1.807, 2.05) is 0 Å². The maximum absolute atomic E-state index is 9.30. The molecule has 0 aliphatic rings. The molecule has 2 N–H and O–H groups in total. The zero-order valence-electron chi connectivity index (χ0n) is 5.83. The first-order valence-electron chi connectivity index (χ1n) is 3.00. The van der Waals surface area contributed by atoms with Gasteiger partial charge in [-0.25, -0.2) is 0 Å². The molecule has 64 valence electrons. The molecule has 3 nitrogen and oxygen atoms in total. The third kappa shape index (κ3) is 1.89. The van der Waals surface area contributed by atoms with E-state index in [0.29, 0.717) is 10.0 Å². The van der Waals surface area contributed by atoms with E-state index in [4.69, 9.17) is 16.8 Å². The number of rotatable bonds is 1. The summed E-state index contributed by atoms with van der Waals surface area (Å²) < 4.78 is 0.709. The summed E-state index contributed by atoms with van der Waals surface area (Å²) in [6.45, 7) is 0. The van der Waals surface area contributed by atoms with E-state index in [1.54, 1.807) is 12.1 Å². The second-order valence-electron chi connectivity index (χ2n) is 2.07.